The monoisotopic (exact) mass is 264 g/mol. The first-order valence-electron chi connectivity index (χ1n) is 6.44. The van der Waals surface area contributed by atoms with Crippen molar-refractivity contribution in [3.05, 3.63) is 28.8 Å². The number of nitrogen functional groups attached to an aromatic ring is 1. The quantitative estimate of drug-likeness (QED) is 0.822. The van der Waals surface area contributed by atoms with Crippen LogP contribution in [0.5, 0.6) is 0 Å². The molecule has 3 nitrogen and oxygen atoms in total. The molecule has 2 saturated carbocycles. The number of rotatable bonds is 4. The van der Waals surface area contributed by atoms with Gasteiger partial charge in [-0.1, -0.05) is 11.6 Å². The molecule has 0 bridgehead atoms. The van der Waals surface area contributed by atoms with Gasteiger partial charge in [0.1, 0.15) is 0 Å². The van der Waals surface area contributed by atoms with Gasteiger partial charge in [-0.2, -0.15) is 0 Å². The Labute approximate surface area is 112 Å². The van der Waals surface area contributed by atoms with Crippen molar-refractivity contribution in [2.45, 2.75) is 25.7 Å². The van der Waals surface area contributed by atoms with Crippen LogP contribution < -0.4 is 11.1 Å². The molecular formula is C14H17ClN2O. The van der Waals surface area contributed by atoms with Crippen molar-refractivity contribution in [1.82, 2.24) is 5.32 Å². The fraction of sp³-hybridized carbons (Fsp3) is 0.500. The topological polar surface area (TPSA) is 55.1 Å². The van der Waals surface area contributed by atoms with E-state index < -0.39 is 0 Å². The molecule has 96 valence electrons. The lowest BCUT2D eigenvalue weighted by molar-refractivity contribution is 0.0942. The first-order valence-corrected chi connectivity index (χ1v) is 6.82. The molecule has 0 spiro atoms. The van der Waals surface area contributed by atoms with Crippen molar-refractivity contribution >= 4 is 23.2 Å². The van der Waals surface area contributed by atoms with Crippen LogP contribution >= 0.6 is 11.6 Å². The average molecular weight is 265 g/mol. The second kappa shape index (κ2) is 4.16. The number of carbonyl (C=O) groups is 1. The molecule has 4 heteroatoms. The standard InChI is InChI=1S/C14H17ClN2O/c15-11-4-1-9(7-12(11)16)13(18)17-8-14(5-6-14)10-2-3-10/h1,4,7,10H,2-3,5-6,8,16H2,(H,17,18). The maximum absolute atomic E-state index is 12.0. The largest absolute Gasteiger partial charge is 0.398 e. The molecular weight excluding hydrogens is 248 g/mol. The average Bonchev–Trinajstić information content (AvgIpc) is 3.22. The van der Waals surface area contributed by atoms with Crippen LogP contribution in [0.25, 0.3) is 0 Å². The number of benzene rings is 1. The predicted octanol–water partition coefficient (Wildman–Crippen LogP) is 2.84. The molecule has 0 radical (unpaired) electrons. The number of amides is 1. The highest BCUT2D eigenvalue weighted by Crippen LogP contribution is 2.60. The maximum Gasteiger partial charge on any atom is 0.251 e. The van der Waals surface area contributed by atoms with Crippen LogP contribution in [0.1, 0.15) is 36.0 Å². The second-order valence-electron chi connectivity index (χ2n) is 5.56. The Hall–Kier alpha value is -1.22. The third-order valence-electron chi connectivity index (χ3n) is 4.19. The van der Waals surface area contributed by atoms with Gasteiger partial charge in [-0.25, -0.2) is 0 Å². The van der Waals surface area contributed by atoms with Gasteiger partial charge in [-0.15, -0.1) is 0 Å². The molecule has 0 aliphatic heterocycles. The SMILES string of the molecule is Nc1cc(C(=O)NCC2(C3CC3)CC2)ccc1Cl. The molecule has 2 fully saturated rings. The molecule has 3 rings (SSSR count). The number of hydrogen-bond donors (Lipinski definition) is 2. The van der Waals surface area contributed by atoms with Gasteiger partial charge in [0, 0.05) is 12.1 Å². The molecule has 2 aliphatic carbocycles. The van der Waals surface area contributed by atoms with Crippen molar-refractivity contribution in [2.75, 3.05) is 12.3 Å². The summed E-state index contributed by atoms with van der Waals surface area (Å²) in [6.45, 7) is 0.805. The van der Waals surface area contributed by atoms with Crippen LogP contribution in [0, 0.1) is 11.3 Å². The Morgan fingerprint density at radius 1 is 1.44 bits per heavy atom. The van der Waals surface area contributed by atoms with E-state index in [0.29, 0.717) is 21.7 Å². The van der Waals surface area contributed by atoms with Crippen molar-refractivity contribution in [3.63, 3.8) is 0 Å². The van der Waals surface area contributed by atoms with E-state index in [1.807, 2.05) is 0 Å². The van der Waals surface area contributed by atoms with E-state index >= 15 is 0 Å². The van der Waals surface area contributed by atoms with E-state index in [2.05, 4.69) is 5.32 Å². The lowest BCUT2D eigenvalue weighted by Crippen LogP contribution is -2.31. The lowest BCUT2D eigenvalue weighted by Gasteiger charge is -2.15. The van der Waals surface area contributed by atoms with Crippen LogP contribution in [-0.2, 0) is 0 Å². The van der Waals surface area contributed by atoms with E-state index in [1.54, 1.807) is 18.2 Å². The van der Waals surface area contributed by atoms with Gasteiger partial charge in [-0.3, -0.25) is 4.79 Å². The number of nitrogens with one attached hydrogen (secondary N) is 1. The number of anilines is 1. The van der Waals surface area contributed by atoms with Gasteiger partial charge >= 0.3 is 0 Å². The number of nitrogens with two attached hydrogens (primary N) is 1. The van der Waals surface area contributed by atoms with Gasteiger partial charge in [0.25, 0.3) is 5.91 Å². The van der Waals surface area contributed by atoms with Gasteiger partial charge in [0.2, 0.25) is 0 Å². The zero-order valence-electron chi connectivity index (χ0n) is 10.2. The summed E-state index contributed by atoms with van der Waals surface area (Å²) in [6, 6.07) is 5.01. The normalized spacial score (nSPS) is 20.5. The lowest BCUT2D eigenvalue weighted by atomic mass is 10.0. The minimum Gasteiger partial charge on any atom is -0.398 e. The first-order chi connectivity index (χ1) is 8.61. The summed E-state index contributed by atoms with van der Waals surface area (Å²) in [4.78, 5) is 12.0. The van der Waals surface area contributed by atoms with E-state index in [-0.39, 0.29) is 5.91 Å². The van der Waals surface area contributed by atoms with Crippen molar-refractivity contribution in [1.29, 1.82) is 0 Å². The Morgan fingerprint density at radius 3 is 2.72 bits per heavy atom. The molecule has 0 saturated heterocycles. The minimum absolute atomic E-state index is 0.0507. The smallest absolute Gasteiger partial charge is 0.251 e. The maximum atomic E-state index is 12.0. The predicted molar refractivity (Wildman–Crippen MR) is 72.6 cm³/mol. The molecule has 0 heterocycles. The number of carbonyl (C=O) groups excluding carboxylic acids is 1. The minimum atomic E-state index is -0.0507. The molecule has 1 aromatic rings. The molecule has 1 amide bonds. The summed E-state index contributed by atoms with van der Waals surface area (Å²) in [6.07, 6.45) is 5.20. The van der Waals surface area contributed by atoms with Gasteiger partial charge in [0.05, 0.1) is 10.7 Å². The Bertz CT molecular complexity index is 493. The molecule has 3 N–H and O–H groups in total. The van der Waals surface area contributed by atoms with Crippen molar-refractivity contribution in [3.8, 4) is 0 Å². The summed E-state index contributed by atoms with van der Waals surface area (Å²) in [7, 11) is 0. The van der Waals surface area contributed by atoms with E-state index in [4.69, 9.17) is 17.3 Å². The van der Waals surface area contributed by atoms with Crippen molar-refractivity contribution in [2.24, 2.45) is 11.3 Å². The van der Waals surface area contributed by atoms with Crippen LogP contribution in [0.15, 0.2) is 18.2 Å². The highest BCUT2D eigenvalue weighted by atomic mass is 35.5. The van der Waals surface area contributed by atoms with E-state index in [9.17, 15) is 4.79 Å². The Morgan fingerprint density at radius 2 is 2.17 bits per heavy atom. The highest BCUT2D eigenvalue weighted by Gasteiger charge is 2.53. The zero-order valence-corrected chi connectivity index (χ0v) is 11.0. The zero-order chi connectivity index (χ0) is 12.8. The molecule has 0 atom stereocenters. The summed E-state index contributed by atoms with van der Waals surface area (Å²) >= 11 is 5.84. The van der Waals surface area contributed by atoms with Crippen LogP contribution in [0.3, 0.4) is 0 Å². The second-order valence-corrected chi connectivity index (χ2v) is 5.96. The van der Waals surface area contributed by atoms with Crippen LogP contribution in [-0.4, -0.2) is 12.5 Å². The molecule has 18 heavy (non-hydrogen) atoms. The molecule has 2 aliphatic rings. The van der Waals surface area contributed by atoms with Crippen LogP contribution in [0.2, 0.25) is 5.02 Å². The third-order valence-corrected chi connectivity index (χ3v) is 4.54. The summed E-state index contributed by atoms with van der Waals surface area (Å²) < 4.78 is 0. The molecule has 1 aromatic carbocycles. The fourth-order valence-electron chi connectivity index (χ4n) is 2.63. The first kappa shape index (κ1) is 11.8. The van der Waals surface area contributed by atoms with Crippen LogP contribution in [0.4, 0.5) is 5.69 Å². The summed E-state index contributed by atoms with van der Waals surface area (Å²) in [5.74, 6) is 0.804. The van der Waals surface area contributed by atoms with Gasteiger partial charge < -0.3 is 11.1 Å². The molecule has 0 aromatic heterocycles. The number of hydrogen-bond acceptors (Lipinski definition) is 2. The summed E-state index contributed by atoms with van der Waals surface area (Å²) in [5.41, 5.74) is 7.16. The van der Waals surface area contributed by atoms with E-state index in [0.717, 1.165) is 12.5 Å². The van der Waals surface area contributed by atoms with Gasteiger partial charge in [-0.05, 0) is 55.2 Å². The highest BCUT2D eigenvalue weighted by molar-refractivity contribution is 6.33. The third kappa shape index (κ3) is 2.19. The van der Waals surface area contributed by atoms with E-state index in [1.165, 1.54) is 25.7 Å². The molecule has 0 unspecified atom stereocenters. The number of halogens is 1. The fourth-order valence-corrected chi connectivity index (χ4v) is 2.75. The summed E-state index contributed by atoms with van der Waals surface area (Å²) in [5, 5.41) is 3.52. The van der Waals surface area contributed by atoms with Gasteiger partial charge in [0.15, 0.2) is 0 Å². The van der Waals surface area contributed by atoms with Crippen molar-refractivity contribution < 1.29 is 4.79 Å². The Kier molecular flexibility index (Phi) is 2.74. The Balaban J connectivity index is 1.62.